The third-order valence-electron chi connectivity index (χ3n) is 4.63. The highest BCUT2D eigenvalue weighted by atomic mass is 32.2. The maximum Gasteiger partial charge on any atom is 0.416 e. The summed E-state index contributed by atoms with van der Waals surface area (Å²) in [6.07, 6.45) is -4.70. The highest BCUT2D eigenvalue weighted by Gasteiger charge is 2.30. The van der Waals surface area contributed by atoms with Crippen LogP contribution in [0.25, 0.3) is 0 Å². The number of halogens is 3. The van der Waals surface area contributed by atoms with Crippen molar-refractivity contribution < 1.29 is 22.8 Å². The predicted molar refractivity (Wildman–Crippen MR) is 120 cm³/mol. The van der Waals surface area contributed by atoms with Crippen LogP contribution in [-0.2, 0) is 29.2 Å². The van der Waals surface area contributed by atoms with Gasteiger partial charge in [0.15, 0.2) is 10.3 Å². The highest BCUT2D eigenvalue weighted by molar-refractivity contribution is 8.00. The Labute approximate surface area is 196 Å². The van der Waals surface area contributed by atoms with Gasteiger partial charge in [-0.15, -0.1) is 21.5 Å². The second kappa shape index (κ2) is 9.91. The minimum absolute atomic E-state index is 0.0320. The van der Waals surface area contributed by atoms with Crippen molar-refractivity contribution in [3.8, 4) is 0 Å². The third-order valence-corrected chi connectivity index (χ3v) is 6.75. The average Bonchev–Trinajstić information content (AvgIpc) is 3.22. The van der Waals surface area contributed by atoms with Crippen LogP contribution in [-0.4, -0.2) is 36.8 Å². The molecule has 0 fully saturated rings. The van der Waals surface area contributed by atoms with E-state index in [9.17, 15) is 22.8 Å². The summed E-state index contributed by atoms with van der Waals surface area (Å²) >= 11 is 2.55. The summed E-state index contributed by atoms with van der Waals surface area (Å²) < 4.78 is 40.1. The summed E-state index contributed by atoms with van der Waals surface area (Å²) in [6.45, 7) is 5.50. The lowest BCUT2D eigenvalue weighted by atomic mass is 10.2. The van der Waals surface area contributed by atoms with Gasteiger partial charge in [0.2, 0.25) is 11.8 Å². The fourth-order valence-corrected chi connectivity index (χ4v) is 4.32. The number of carbonyl (C=O) groups excluding carboxylic acids is 2. The Morgan fingerprint density at radius 3 is 2.58 bits per heavy atom. The van der Waals surface area contributed by atoms with Crippen LogP contribution in [0, 0.1) is 13.8 Å². The van der Waals surface area contributed by atoms with Crippen LogP contribution in [0.15, 0.2) is 29.4 Å². The van der Waals surface area contributed by atoms with Gasteiger partial charge in [0.05, 0.1) is 22.9 Å². The number of hydrogen-bond acceptors (Lipinski definition) is 7. The highest BCUT2D eigenvalue weighted by Crippen LogP contribution is 2.31. The number of thioether (sulfide) groups is 1. The number of rotatable bonds is 7. The molecule has 2 N–H and O–H groups in total. The second-order valence-electron chi connectivity index (χ2n) is 7.17. The van der Waals surface area contributed by atoms with Crippen molar-refractivity contribution >= 4 is 45.7 Å². The standard InChI is InChI=1S/C20H21F3N6O2S2/c1-10-11(2)32-18(24-10)26-17(31)12(3)33-19-28-27-15(29(19)4)9-16(30)25-14-7-5-6-13(8-14)20(21,22)23/h5-8,12H,9H2,1-4H3,(H,25,30)(H,24,26,31)/t12-/m0/s1. The Hall–Kier alpha value is -2.93. The van der Waals surface area contributed by atoms with Gasteiger partial charge < -0.3 is 15.2 Å². The van der Waals surface area contributed by atoms with Gasteiger partial charge in [0, 0.05) is 17.6 Å². The van der Waals surface area contributed by atoms with Crippen molar-refractivity contribution in [3.63, 3.8) is 0 Å². The lowest BCUT2D eigenvalue weighted by Gasteiger charge is -2.11. The van der Waals surface area contributed by atoms with E-state index in [2.05, 4.69) is 25.8 Å². The maximum absolute atomic E-state index is 12.8. The first-order valence-electron chi connectivity index (χ1n) is 9.71. The van der Waals surface area contributed by atoms with E-state index in [0.29, 0.717) is 16.1 Å². The number of alkyl halides is 3. The molecule has 33 heavy (non-hydrogen) atoms. The fraction of sp³-hybridized carbons (Fsp3) is 0.350. The molecule has 2 heterocycles. The maximum atomic E-state index is 12.8. The molecule has 0 saturated carbocycles. The minimum atomic E-state index is -4.50. The van der Waals surface area contributed by atoms with Crippen LogP contribution in [0.1, 0.15) is 28.9 Å². The summed E-state index contributed by atoms with van der Waals surface area (Å²) in [4.78, 5) is 30.1. The van der Waals surface area contributed by atoms with Crippen molar-refractivity contribution in [2.75, 3.05) is 10.6 Å². The molecule has 13 heteroatoms. The number of hydrogen-bond donors (Lipinski definition) is 2. The second-order valence-corrected chi connectivity index (χ2v) is 9.68. The van der Waals surface area contributed by atoms with E-state index in [4.69, 9.17) is 0 Å². The Morgan fingerprint density at radius 1 is 1.21 bits per heavy atom. The van der Waals surface area contributed by atoms with E-state index in [-0.39, 0.29) is 18.0 Å². The van der Waals surface area contributed by atoms with E-state index in [1.807, 2.05) is 13.8 Å². The van der Waals surface area contributed by atoms with Gasteiger partial charge in [0.25, 0.3) is 0 Å². The lowest BCUT2D eigenvalue weighted by Crippen LogP contribution is -2.23. The number of aryl methyl sites for hydroxylation is 2. The molecule has 1 atom stereocenters. The Kier molecular flexibility index (Phi) is 7.42. The molecular weight excluding hydrogens is 477 g/mol. The Morgan fingerprint density at radius 2 is 1.94 bits per heavy atom. The first kappa shape index (κ1) is 24.7. The molecule has 2 amide bonds. The Balaban J connectivity index is 1.60. The van der Waals surface area contributed by atoms with Gasteiger partial charge in [-0.05, 0) is 39.0 Å². The molecule has 1 aromatic carbocycles. The molecule has 0 unspecified atom stereocenters. The van der Waals surface area contributed by atoms with E-state index < -0.39 is 22.9 Å². The summed E-state index contributed by atoms with van der Waals surface area (Å²) in [6, 6.07) is 4.38. The monoisotopic (exact) mass is 498 g/mol. The van der Waals surface area contributed by atoms with Crippen molar-refractivity contribution in [1.29, 1.82) is 0 Å². The van der Waals surface area contributed by atoms with Crippen LogP contribution in [0.5, 0.6) is 0 Å². The van der Waals surface area contributed by atoms with Crippen molar-refractivity contribution in [1.82, 2.24) is 19.7 Å². The van der Waals surface area contributed by atoms with Crippen molar-refractivity contribution in [3.05, 3.63) is 46.2 Å². The molecule has 0 spiro atoms. The number of benzene rings is 1. The molecule has 0 aliphatic carbocycles. The van der Waals surface area contributed by atoms with Crippen LogP contribution < -0.4 is 10.6 Å². The summed E-state index contributed by atoms with van der Waals surface area (Å²) in [5.74, 6) is -0.483. The van der Waals surface area contributed by atoms with Gasteiger partial charge in [-0.2, -0.15) is 13.2 Å². The summed E-state index contributed by atoms with van der Waals surface area (Å²) in [5.41, 5.74) is 0.0366. The van der Waals surface area contributed by atoms with Crippen LogP contribution >= 0.6 is 23.1 Å². The fourth-order valence-electron chi connectivity index (χ4n) is 2.67. The van der Waals surface area contributed by atoms with Crippen LogP contribution in [0.3, 0.4) is 0 Å². The molecule has 0 aliphatic rings. The molecule has 0 saturated heterocycles. The number of thiazole rings is 1. The smallest absolute Gasteiger partial charge is 0.326 e. The lowest BCUT2D eigenvalue weighted by molar-refractivity contribution is -0.137. The molecule has 0 aliphatic heterocycles. The van der Waals surface area contributed by atoms with Crippen LogP contribution in [0.2, 0.25) is 0 Å². The van der Waals surface area contributed by atoms with Gasteiger partial charge in [0.1, 0.15) is 5.82 Å². The predicted octanol–water partition coefficient (Wildman–Crippen LogP) is 4.21. The molecule has 3 aromatic rings. The zero-order valence-corrected chi connectivity index (χ0v) is 19.8. The van der Waals surface area contributed by atoms with Crippen molar-refractivity contribution in [2.24, 2.45) is 7.05 Å². The first-order chi connectivity index (χ1) is 15.4. The van der Waals surface area contributed by atoms with Gasteiger partial charge >= 0.3 is 6.18 Å². The van der Waals surface area contributed by atoms with E-state index >= 15 is 0 Å². The quantitative estimate of drug-likeness (QED) is 0.474. The minimum Gasteiger partial charge on any atom is -0.326 e. The molecule has 8 nitrogen and oxygen atoms in total. The SMILES string of the molecule is Cc1nc(NC(=O)[C@H](C)Sc2nnc(CC(=O)Nc3cccc(C(F)(F)F)c3)n2C)sc1C. The molecule has 0 radical (unpaired) electrons. The van der Waals surface area contributed by atoms with E-state index in [1.165, 1.54) is 23.5 Å². The van der Waals surface area contributed by atoms with Gasteiger partial charge in [-0.25, -0.2) is 4.98 Å². The number of amides is 2. The normalized spacial score (nSPS) is 12.5. The molecule has 0 bridgehead atoms. The molecule has 3 rings (SSSR count). The third kappa shape index (κ3) is 6.32. The number of anilines is 2. The van der Waals surface area contributed by atoms with E-state index in [1.54, 1.807) is 18.5 Å². The van der Waals surface area contributed by atoms with Gasteiger partial charge in [-0.1, -0.05) is 17.8 Å². The topological polar surface area (TPSA) is 102 Å². The number of aromatic nitrogens is 4. The van der Waals surface area contributed by atoms with Crippen LogP contribution in [0.4, 0.5) is 24.0 Å². The van der Waals surface area contributed by atoms with E-state index in [0.717, 1.165) is 34.5 Å². The zero-order valence-electron chi connectivity index (χ0n) is 18.1. The number of nitrogens with zero attached hydrogens (tertiary/aromatic N) is 4. The Bertz CT molecular complexity index is 1160. The average molecular weight is 499 g/mol. The number of carbonyl (C=O) groups is 2. The molecular formula is C20H21F3N6O2S2. The summed E-state index contributed by atoms with van der Waals surface area (Å²) in [5, 5.41) is 13.6. The summed E-state index contributed by atoms with van der Waals surface area (Å²) in [7, 11) is 1.65. The van der Waals surface area contributed by atoms with Gasteiger partial charge in [-0.3, -0.25) is 9.59 Å². The first-order valence-corrected chi connectivity index (χ1v) is 11.4. The zero-order chi connectivity index (χ0) is 24.3. The number of nitrogens with one attached hydrogen (secondary N) is 2. The largest absolute Gasteiger partial charge is 0.416 e. The van der Waals surface area contributed by atoms with Crippen molar-refractivity contribution in [2.45, 2.75) is 43.8 Å². The molecule has 2 aromatic heterocycles. The molecule has 176 valence electrons.